The molecule has 2 aromatic heterocycles. The van der Waals surface area contributed by atoms with E-state index < -0.39 is 31.6 Å². The molecule has 3 aromatic rings. The maximum absolute atomic E-state index is 13.5. The van der Waals surface area contributed by atoms with Crippen molar-refractivity contribution >= 4 is 42.7 Å². The number of carbonyl (C=O) groups is 1. The number of rotatable bonds is 12. The molecule has 12 heteroatoms. The second-order valence-corrected chi connectivity index (χ2v) is 13.4. The van der Waals surface area contributed by atoms with Gasteiger partial charge in [-0.25, -0.2) is 21.2 Å². The Labute approximate surface area is 234 Å². The molecule has 0 spiro atoms. The normalized spacial score (nSPS) is 12.8. The third kappa shape index (κ3) is 6.97. The molecule has 0 unspecified atom stereocenters. The van der Waals surface area contributed by atoms with Gasteiger partial charge in [0.05, 0.1) is 23.0 Å². The summed E-state index contributed by atoms with van der Waals surface area (Å²) in [6.45, 7) is 5.13. The van der Waals surface area contributed by atoms with Gasteiger partial charge in [-0.3, -0.25) is 9.10 Å². The third-order valence-corrected chi connectivity index (χ3v) is 9.38. The highest BCUT2D eigenvalue weighted by Crippen LogP contribution is 2.36. The van der Waals surface area contributed by atoms with E-state index in [1.807, 2.05) is 19.9 Å². The van der Waals surface area contributed by atoms with E-state index in [0.717, 1.165) is 17.0 Å². The van der Waals surface area contributed by atoms with Crippen molar-refractivity contribution in [2.75, 3.05) is 29.9 Å². The van der Waals surface area contributed by atoms with E-state index in [-0.39, 0.29) is 46.5 Å². The Morgan fingerprint density at radius 1 is 1.15 bits per heavy atom. The van der Waals surface area contributed by atoms with E-state index in [2.05, 4.69) is 10.3 Å². The second-order valence-electron chi connectivity index (χ2n) is 9.19. The standard InChI is InChI=1S/C28H34FN3O6S2/c1-6-8-9-11-19(3)40(36,37)17-10-16-32(39(5,34)35)26-20(7-2)18-23-24(27(33)30-4)25(38-28(23)31-26)21-12-14-22(29)15-13-21/h8-9,11-15,18H,6-7,10,16-17H2,1-5H3,(H,30,33). The lowest BCUT2D eigenvalue weighted by Gasteiger charge is -2.23. The van der Waals surface area contributed by atoms with Crippen molar-refractivity contribution in [2.24, 2.45) is 0 Å². The highest BCUT2D eigenvalue weighted by Gasteiger charge is 2.28. The summed E-state index contributed by atoms with van der Waals surface area (Å²) >= 11 is 0. The average Bonchev–Trinajstić information content (AvgIpc) is 3.28. The molecule has 9 nitrogen and oxygen atoms in total. The zero-order chi connectivity index (χ0) is 29.7. The van der Waals surface area contributed by atoms with Crippen LogP contribution in [0.3, 0.4) is 0 Å². The van der Waals surface area contributed by atoms with E-state index in [9.17, 15) is 26.0 Å². The Kier molecular flexibility index (Phi) is 9.91. The Morgan fingerprint density at radius 2 is 1.82 bits per heavy atom. The summed E-state index contributed by atoms with van der Waals surface area (Å²) in [5.41, 5.74) is 1.18. The number of aromatic nitrogens is 1. The number of nitrogens with zero attached hydrogens (tertiary/aromatic N) is 2. The van der Waals surface area contributed by atoms with Crippen LogP contribution in [0.15, 0.2) is 57.9 Å². The first-order valence-electron chi connectivity index (χ1n) is 12.8. The summed E-state index contributed by atoms with van der Waals surface area (Å²) in [6, 6.07) is 7.07. The molecule has 3 rings (SSSR count). The summed E-state index contributed by atoms with van der Waals surface area (Å²) in [5, 5.41) is 2.95. The fourth-order valence-corrected chi connectivity index (χ4v) is 6.17. The zero-order valence-corrected chi connectivity index (χ0v) is 24.8. The van der Waals surface area contributed by atoms with Crippen molar-refractivity contribution in [3.63, 3.8) is 0 Å². The van der Waals surface area contributed by atoms with Gasteiger partial charge in [-0.15, -0.1) is 0 Å². The van der Waals surface area contributed by atoms with E-state index in [1.54, 1.807) is 12.1 Å². The number of pyridine rings is 1. The van der Waals surface area contributed by atoms with Gasteiger partial charge in [-0.2, -0.15) is 4.98 Å². The first-order valence-corrected chi connectivity index (χ1v) is 16.3. The molecule has 0 aliphatic carbocycles. The summed E-state index contributed by atoms with van der Waals surface area (Å²) in [4.78, 5) is 17.6. The predicted octanol–water partition coefficient (Wildman–Crippen LogP) is 5.00. The van der Waals surface area contributed by atoms with Crippen molar-refractivity contribution in [3.8, 4) is 11.3 Å². The molecule has 216 valence electrons. The molecule has 1 aromatic carbocycles. The van der Waals surface area contributed by atoms with Crippen LogP contribution in [0.25, 0.3) is 22.4 Å². The molecule has 1 N–H and O–H groups in total. The van der Waals surface area contributed by atoms with Gasteiger partial charge >= 0.3 is 0 Å². The molecule has 0 bridgehead atoms. The minimum Gasteiger partial charge on any atom is -0.437 e. The van der Waals surface area contributed by atoms with Crippen LogP contribution in [-0.2, 0) is 26.3 Å². The molecule has 0 aliphatic rings. The highest BCUT2D eigenvalue weighted by atomic mass is 32.2. The molecule has 0 saturated heterocycles. The minimum absolute atomic E-state index is 0.0212. The smallest absolute Gasteiger partial charge is 0.255 e. The van der Waals surface area contributed by atoms with Crippen molar-refractivity contribution in [1.29, 1.82) is 0 Å². The first kappa shape index (κ1) is 31.0. The van der Waals surface area contributed by atoms with Gasteiger partial charge in [-0.05, 0) is 68.2 Å². The van der Waals surface area contributed by atoms with Gasteiger partial charge in [0.15, 0.2) is 9.84 Å². The maximum atomic E-state index is 13.5. The number of sulfone groups is 1. The summed E-state index contributed by atoms with van der Waals surface area (Å²) in [6.07, 6.45) is 7.24. The van der Waals surface area contributed by atoms with Crippen molar-refractivity contribution in [1.82, 2.24) is 10.3 Å². The van der Waals surface area contributed by atoms with Gasteiger partial charge < -0.3 is 9.73 Å². The van der Waals surface area contributed by atoms with Crippen LogP contribution >= 0.6 is 0 Å². The van der Waals surface area contributed by atoms with E-state index in [0.29, 0.717) is 22.9 Å². The number of sulfonamides is 1. The summed E-state index contributed by atoms with van der Waals surface area (Å²) in [7, 11) is -5.99. The van der Waals surface area contributed by atoms with Gasteiger partial charge in [0.25, 0.3) is 5.91 Å². The topological polar surface area (TPSA) is 127 Å². The average molecular weight is 592 g/mol. The van der Waals surface area contributed by atoms with Crippen LogP contribution in [0.1, 0.15) is 49.5 Å². The molecule has 0 atom stereocenters. The number of furan rings is 1. The SMILES string of the molecule is CCC=CC=C(C)S(=O)(=O)CCCN(c1nc2oc(-c3ccc(F)cc3)c(C(=O)NC)c2cc1CC)S(C)(=O)=O. The lowest BCUT2D eigenvalue weighted by atomic mass is 10.0. The van der Waals surface area contributed by atoms with E-state index >= 15 is 0 Å². The number of anilines is 1. The minimum atomic E-state index is -3.87. The molecule has 40 heavy (non-hydrogen) atoms. The number of hydrogen-bond donors (Lipinski definition) is 1. The lowest BCUT2D eigenvalue weighted by molar-refractivity contribution is 0.0964. The largest absolute Gasteiger partial charge is 0.437 e. The number of fused-ring (bicyclic) bond motifs is 1. The molecule has 1 amide bonds. The zero-order valence-electron chi connectivity index (χ0n) is 23.2. The van der Waals surface area contributed by atoms with Crippen LogP contribution in [0.2, 0.25) is 0 Å². The monoisotopic (exact) mass is 591 g/mol. The number of allylic oxidation sites excluding steroid dienone is 4. The van der Waals surface area contributed by atoms with Crippen LogP contribution < -0.4 is 9.62 Å². The van der Waals surface area contributed by atoms with Crippen LogP contribution in [0.5, 0.6) is 0 Å². The third-order valence-electron chi connectivity index (χ3n) is 6.28. The van der Waals surface area contributed by atoms with Gasteiger partial charge in [0.2, 0.25) is 15.7 Å². The Bertz CT molecular complexity index is 1660. The Balaban J connectivity index is 2.07. The number of hydrogen-bond acceptors (Lipinski definition) is 7. The fourth-order valence-electron chi connectivity index (χ4n) is 4.12. The Hall–Kier alpha value is -3.51. The van der Waals surface area contributed by atoms with Gasteiger partial charge in [-0.1, -0.05) is 26.0 Å². The molecule has 2 heterocycles. The van der Waals surface area contributed by atoms with Crippen molar-refractivity contribution in [3.05, 3.63) is 70.4 Å². The van der Waals surface area contributed by atoms with Crippen molar-refractivity contribution < 1.29 is 30.4 Å². The van der Waals surface area contributed by atoms with Gasteiger partial charge in [0, 0.05) is 24.1 Å². The number of halogens is 1. The lowest BCUT2D eigenvalue weighted by Crippen LogP contribution is -2.33. The summed E-state index contributed by atoms with van der Waals surface area (Å²) in [5.74, 6) is -0.893. The predicted molar refractivity (Wildman–Crippen MR) is 156 cm³/mol. The van der Waals surface area contributed by atoms with E-state index in [4.69, 9.17) is 4.42 Å². The van der Waals surface area contributed by atoms with E-state index in [1.165, 1.54) is 44.3 Å². The number of amides is 1. The number of carbonyl (C=O) groups excluding carboxylic acids is 1. The summed E-state index contributed by atoms with van der Waals surface area (Å²) < 4.78 is 71.7. The van der Waals surface area contributed by atoms with Crippen LogP contribution in [-0.4, -0.2) is 53.3 Å². The highest BCUT2D eigenvalue weighted by molar-refractivity contribution is 7.95. The second kappa shape index (κ2) is 12.8. The van der Waals surface area contributed by atoms with Gasteiger partial charge in [0.1, 0.15) is 17.4 Å². The molecular weight excluding hydrogens is 557 g/mol. The van der Waals surface area contributed by atoms with Crippen LogP contribution in [0, 0.1) is 5.82 Å². The van der Waals surface area contributed by atoms with Crippen molar-refractivity contribution in [2.45, 2.75) is 40.0 Å². The molecule has 0 saturated carbocycles. The molecule has 0 radical (unpaired) electrons. The maximum Gasteiger partial charge on any atom is 0.255 e. The Morgan fingerprint density at radius 3 is 2.40 bits per heavy atom. The fraction of sp³-hybridized carbons (Fsp3) is 0.357. The molecule has 0 aliphatic heterocycles. The van der Waals surface area contributed by atoms with Crippen LogP contribution in [0.4, 0.5) is 10.2 Å². The number of nitrogens with one attached hydrogen (secondary N) is 1. The first-order chi connectivity index (χ1) is 18.8. The number of benzene rings is 1. The quantitative estimate of drug-likeness (QED) is 0.294. The number of aryl methyl sites for hydroxylation is 1. The molecular formula is C28H34FN3O6S2. The molecule has 0 fully saturated rings.